The zero-order valence-electron chi connectivity index (χ0n) is 15.0. The maximum atomic E-state index is 12.4. The van der Waals surface area contributed by atoms with Crippen LogP contribution in [0.2, 0.25) is 0 Å². The first-order valence-corrected chi connectivity index (χ1v) is 9.46. The Kier molecular flexibility index (Phi) is 5.02. The smallest absolute Gasteiger partial charge is 0.341 e. The number of carbonyl (C=O) groups excluding carboxylic acids is 2. The molecule has 2 heterocycles. The summed E-state index contributed by atoms with van der Waals surface area (Å²) < 4.78 is 12.0. The molecule has 0 unspecified atom stereocenters. The fourth-order valence-electron chi connectivity index (χ4n) is 3.12. The number of carbonyl (C=O) groups is 2. The lowest BCUT2D eigenvalue weighted by Crippen LogP contribution is -2.21. The zero-order valence-corrected chi connectivity index (χ0v) is 15.9. The molecule has 4 rings (SSSR count). The van der Waals surface area contributed by atoms with E-state index in [0.29, 0.717) is 22.0 Å². The Bertz CT molecular complexity index is 1020. The second kappa shape index (κ2) is 7.77. The van der Waals surface area contributed by atoms with E-state index in [9.17, 15) is 9.59 Å². The molecule has 0 aliphatic heterocycles. The second-order valence-electron chi connectivity index (χ2n) is 6.14. The number of aromatic nitrogens is 4. The van der Waals surface area contributed by atoms with Gasteiger partial charge >= 0.3 is 5.97 Å². The van der Waals surface area contributed by atoms with Gasteiger partial charge in [0.1, 0.15) is 17.1 Å². The van der Waals surface area contributed by atoms with Crippen LogP contribution in [-0.2, 0) is 22.4 Å². The quantitative estimate of drug-likeness (QED) is 0.632. The summed E-state index contributed by atoms with van der Waals surface area (Å²) in [5.74, 6) is -0.271. The van der Waals surface area contributed by atoms with Gasteiger partial charge in [0.2, 0.25) is 0 Å². The third-order valence-corrected chi connectivity index (χ3v) is 5.57. The standard InChI is InChI=1S/C18H17N5O4S/c1-26-18(25)16-13-6-3-7-14(13)28-17(16)20-15(24)9-27-12-5-2-4-11(8-12)23-10-19-21-22-23/h2,4-5,8,10H,3,6-7,9H2,1H3,(H,20,24). The molecule has 3 aromatic rings. The fourth-order valence-corrected chi connectivity index (χ4v) is 4.41. The molecule has 0 bridgehead atoms. The van der Waals surface area contributed by atoms with Gasteiger partial charge in [-0.15, -0.1) is 16.4 Å². The van der Waals surface area contributed by atoms with Crippen LogP contribution in [0, 0.1) is 0 Å². The summed E-state index contributed by atoms with van der Waals surface area (Å²) in [7, 11) is 1.34. The van der Waals surface area contributed by atoms with E-state index in [2.05, 4.69) is 20.8 Å². The van der Waals surface area contributed by atoms with Crippen molar-refractivity contribution < 1.29 is 19.1 Å². The number of fused-ring (bicyclic) bond motifs is 1. The Morgan fingerprint density at radius 1 is 1.32 bits per heavy atom. The van der Waals surface area contributed by atoms with Crippen molar-refractivity contribution in [3.05, 3.63) is 46.6 Å². The van der Waals surface area contributed by atoms with E-state index >= 15 is 0 Å². The molecule has 0 atom stereocenters. The second-order valence-corrected chi connectivity index (χ2v) is 7.25. The number of thiophene rings is 1. The molecular formula is C18H17N5O4S. The van der Waals surface area contributed by atoms with Crippen LogP contribution in [0.15, 0.2) is 30.6 Å². The highest BCUT2D eigenvalue weighted by Crippen LogP contribution is 2.39. The van der Waals surface area contributed by atoms with Gasteiger partial charge in [-0.25, -0.2) is 9.48 Å². The predicted octanol–water partition coefficient (Wildman–Crippen LogP) is 2.02. The molecule has 1 N–H and O–H groups in total. The third-order valence-electron chi connectivity index (χ3n) is 4.36. The molecule has 9 nitrogen and oxygen atoms in total. The maximum absolute atomic E-state index is 12.4. The molecule has 0 saturated carbocycles. The Morgan fingerprint density at radius 3 is 3.00 bits per heavy atom. The van der Waals surface area contributed by atoms with Crippen molar-refractivity contribution in [2.75, 3.05) is 19.0 Å². The normalized spacial score (nSPS) is 12.5. The van der Waals surface area contributed by atoms with Gasteiger partial charge in [0.25, 0.3) is 5.91 Å². The highest BCUT2D eigenvalue weighted by atomic mass is 32.1. The molecule has 1 aliphatic rings. The van der Waals surface area contributed by atoms with Gasteiger partial charge in [0.05, 0.1) is 18.4 Å². The summed E-state index contributed by atoms with van der Waals surface area (Å²) >= 11 is 1.43. The molecule has 1 amide bonds. The minimum atomic E-state index is -0.426. The van der Waals surface area contributed by atoms with E-state index in [-0.39, 0.29) is 12.5 Å². The molecule has 0 spiro atoms. The molecule has 28 heavy (non-hydrogen) atoms. The molecule has 0 radical (unpaired) electrons. The minimum absolute atomic E-state index is 0.192. The number of aryl methyl sites for hydroxylation is 1. The average Bonchev–Trinajstić information content (AvgIpc) is 3.43. The number of benzene rings is 1. The van der Waals surface area contributed by atoms with E-state index in [4.69, 9.17) is 9.47 Å². The van der Waals surface area contributed by atoms with Crippen molar-refractivity contribution >= 4 is 28.2 Å². The van der Waals surface area contributed by atoms with Crippen LogP contribution in [0.25, 0.3) is 5.69 Å². The van der Waals surface area contributed by atoms with Crippen molar-refractivity contribution in [3.63, 3.8) is 0 Å². The molecule has 10 heteroatoms. The van der Waals surface area contributed by atoms with Crippen molar-refractivity contribution in [1.29, 1.82) is 0 Å². The number of nitrogens with zero attached hydrogens (tertiary/aromatic N) is 4. The highest BCUT2D eigenvalue weighted by molar-refractivity contribution is 7.17. The third kappa shape index (κ3) is 3.58. The number of esters is 1. The van der Waals surface area contributed by atoms with Gasteiger partial charge in [-0.3, -0.25) is 4.79 Å². The summed E-state index contributed by atoms with van der Waals surface area (Å²) in [6.07, 6.45) is 4.23. The summed E-state index contributed by atoms with van der Waals surface area (Å²) in [6.45, 7) is -0.192. The Balaban J connectivity index is 1.43. The number of tetrazole rings is 1. The van der Waals surface area contributed by atoms with Crippen LogP contribution >= 0.6 is 11.3 Å². The molecule has 1 aromatic carbocycles. The topological polar surface area (TPSA) is 108 Å². The molecule has 144 valence electrons. The molecule has 0 saturated heterocycles. The Morgan fingerprint density at radius 2 is 2.21 bits per heavy atom. The van der Waals surface area contributed by atoms with Crippen molar-refractivity contribution in [1.82, 2.24) is 20.2 Å². The maximum Gasteiger partial charge on any atom is 0.341 e. The van der Waals surface area contributed by atoms with Crippen molar-refractivity contribution in [3.8, 4) is 11.4 Å². The number of amides is 1. The van der Waals surface area contributed by atoms with E-state index in [1.54, 1.807) is 18.2 Å². The number of methoxy groups -OCH3 is 1. The number of hydrogen-bond acceptors (Lipinski definition) is 8. The van der Waals surface area contributed by atoms with Gasteiger partial charge in [-0.1, -0.05) is 6.07 Å². The number of nitrogens with one attached hydrogen (secondary N) is 1. The SMILES string of the molecule is COC(=O)c1c(NC(=O)COc2cccc(-n3cnnn3)c2)sc2c1CCC2. The Labute approximate surface area is 164 Å². The lowest BCUT2D eigenvalue weighted by Gasteiger charge is -2.09. The van der Waals surface area contributed by atoms with Crippen LogP contribution in [-0.4, -0.2) is 45.8 Å². The Hall–Kier alpha value is -3.27. The van der Waals surface area contributed by atoms with Crippen LogP contribution in [0.4, 0.5) is 5.00 Å². The van der Waals surface area contributed by atoms with Crippen molar-refractivity contribution in [2.45, 2.75) is 19.3 Å². The molecular weight excluding hydrogens is 382 g/mol. The van der Waals surface area contributed by atoms with Gasteiger partial charge < -0.3 is 14.8 Å². The first-order chi connectivity index (χ1) is 13.7. The van der Waals surface area contributed by atoms with Crippen molar-refractivity contribution in [2.24, 2.45) is 0 Å². The van der Waals surface area contributed by atoms with E-state index in [1.165, 1.54) is 29.5 Å². The summed E-state index contributed by atoms with van der Waals surface area (Å²) in [5.41, 5.74) is 2.17. The predicted molar refractivity (Wildman–Crippen MR) is 101 cm³/mol. The number of rotatable bonds is 6. The first-order valence-electron chi connectivity index (χ1n) is 8.64. The highest BCUT2D eigenvalue weighted by Gasteiger charge is 2.28. The fraction of sp³-hybridized carbons (Fsp3) is 0.278. The minimum Gasteiger partial charge on any atom is -0.484 e. The van der Waals surface area contributed by atoms with Gasteiger partial charge in [-0.2, -0.15) is 0 Å². The average molecular weight is 399 g/mol. The van der Waals surface area contributed by atoms with Gasteiger partial charge in [0, 0.05) is 10.9 Å². The van der Waals surface area contributed by atoms with E-state index < -0.39 is 5.97 Å². The molecule has 1 aliphatic carbocycles. The van der Waals surface area contributed by atoms with Crippen LogP contribution in [0.5, 0.6) is 5.75 Å². The number of ether oxygens (including phenoxy) is 2. The zero-order chi connectivity index (χ0) is 19.5. The van der Waals surface area contributed by atoms with Crippen LogP contribution in [0.3, 0.4) is 0 Å². The lowest BCUT2D eigenvalue weighted by atomic mass is 10.1. The van der Waals surface area contributed by atoms with Crippen LogP contribution in [0.1, 0.15) is 27.2 Å². The summed E-state index contributed by atoms with van der Waals surface area (Å²) in [4.78, 5) is 25.7. The van der Waals surface area contributed by atoms with Gasteiger partial charge in [0.15, 0.2) is 6.61 Å². The molecule has 0 fully saturated rings. The summed E-state index contributed by atoms with van der Waals surface area (Å²) in [6, 6.07) is 7.06. The van der Waals surface area contributed by atoms with E-state index in [1.807, 2.05) is 6.07 Å². The summed E-state index contributed by atoms with van der Waals surface area (Å²) in [5, 5.41) is 14.3. The number of hydrogen-bond donors (Lipinski definition) is 1. The largest absolute Gasteiger partial charge is 0.484 e. The first kappa shape index (κ1) is 18.1. The monoisotopic (exact) mass is 399 g/mol. The van der Waals surface area contributed by atoms with Crippen LogP contribution < -0.4 is 10.1 Å². The lowest BCUT2D eigenvalue weighted by molar-refractivity contribution is -0.118. The number of anilines is 1. The van der Waals surface area contributed by atoms with Gasteiger partial charge in [-0.05, 0) is 47.4 Å². The van der Waals surface area contributed by atoms with E-state index in [0.717, 1.165) is 29.7 Å². The molecule has 2 aromatic heterocycles.